The molecule has 2 atom stereocenters. The number of allylic oxidation sites excluding steroid dienone is 17. The molecule has 0 nitrogen and oxygen atoms in total. The molecule has 364 valence electrons. The summed E-state index contributed by atoms with van der Waals surface area (Å²) in [5, 5.41) is 0. The van der Waals surface area contributed by atoms with E-state index in [1.54, 1.807) is 33.4 Å². The molecule has 0 radical (unpaired) electrons. The van der Waals surface area contributed by atoms with Gasteiger partial charge in [-0.2, -0.15) is 0 Å². The Morgan fingerprint density at radius 3 is 2.17 bits per heavy atom. The fourth-order valence-corrected chi connectivity index (χ4v) is 11.9. The van der Waals surface area contributed by atoms with Crippen LogP contribution in [0.15, 0.2) is 112 Å². The molecule has 1 aromatic rings. The van der Waals surface area contributed by atoms with Crippen molar-refractivity contribution in [3.05, 3.63) is 134 Å². The quantitative estimate of drug-likeness (QED) is 0.145. The third-order valence-corrected chi connectivity index (χ3v) is 16.9. The van der Waals surface area contributed by atoms with Gasteiger partial charge in [0.15, 0.2) is 0 Å². The van der Waals surface area contributed by atoms with E-state index >= 15 is 0 Å². The van der Waals surface area contributed by atoms with Crippen LogP contribution in [0.5, 0.6) is 0 Å². The molecule has 1 saturated carbocycles. The van der Waals surface area contributed by atoms with Crippen LogP contribution in [0, 0.1) is 34.0 Å². The van der Waals surface area contributed by atoms with Crippen LogP contribution in [0.25, 0.3) is 6.08 Å². The Labute approximate surface area is 409 Å². The van der Waals surface area contributed by atoms with Crippen molar-refractivity contribution in [3.63, 3.8) is 0 Å². The molecule has 66 heavy (non-hydrogen) atoms. The highest BCUT2D eigenvalue weighted by molar-refractivity contribution is 5.69. The Morgan fingerprint density at radius 2 is 1.53 bits per heavy atom. The Bertz CT molecular complexity index is 2080. The molecule has 0 bridgehead atoms. The summed E-state index contributed by atoms with van der Waals surface area (Å²) in [7, 11) is 0. The fraction of sp³-hybridized carbons (Fsp3) is 0.636. The number of fused-ring (bicyclic) bond motifs is 2. The molecule has 5 rings (SSSR count). The van der Waals surface area contributed by atoms with Crippen LogP contribution in [0.2, 0.25) is 0 Å². The summed E-state index contributed by atoms with van der Waals surface area (Å²) in [6.45, 7) is 38.9. The minimum Gasteiger partial charge on any atom is -0.0874 e. The van der Waals surface area contributed by atoms with Crippen molar-refractivity contribution in [2.45, 2.75) is 237 Å². The van der Waals surface area contributed by atoms with Gasteiger partial charge in [-0.3, -0.25) is 0 Å². The summed E-state index contributed by atoms with van der Waals surface area (Å²) in [5.74, 6) is 1.78. The second-order valence-electron chi connectivity index (χ2n) is 25.6. The van der Waals surface area contributed by atoms with Crippen molar-refractivity contribution in [2.24, 2.45) is 34.0 Å². The smallest absolute Gasteiger partial charge is 0.0267 e. The van der Waals surface area contributed by atoms with Gasteiger partial charge in [0.05, 0.1) is 0 Å². The molecule has 4 aliphatic rings. The van der Waals surface area contributed by atoms with Crippen LogP contribution in [-0.2, 0) is 17.3 Å². The molecule has 0 amide bonds. The molecule has 4 aliphatic carbocycles. The zero-order valence-electron chi connectivity index (χ0n) is 46.0. The minimum absolute atomic E-state index is 0.130. The predicted molar refractivity (Wildman–Crippen MR) is 295 cm³/mol. The van der Waals surface area contributed by atoms with Gasteiger partial charge < -0.3 is 0 Å². The Morgan fingerprint density at radius 1 is 0.848 bits per heavy atom. The highest BCUT2D eigenvalue weighted by Gasteiger charge is 2.39. The first-order valence-corrected chi connectivity index (χ1v) is 27.3. The normalized spacial score (nSPS) is 24.4. The van der Waals surface area contributed by atoms with Crippen molar-refractivity contribution in [1.29, 1.82) is 0 Å². The lowest BCUT2D eigenvalue weighted by Gasteiger charge is -2.42. The summed E-state index contributed by atoms with van der Waals surface area (Å²) < 4.78 is 0. The summed E-state index contributed by atoms with van der Waals surface area (Å²) in [6, 6.07) is 5.28. The van der Waals surface area contributed by atoms with Crippen molar-refractivity contribution in [2.75, 3.05) is 0 Å². The number of benzene rings is 1. The van der Waals surface area contributed by atoms with Crippen molar-refractivity contribution < 1.29 is 0 Å². The average Bonchev–Trinajstić information content (AvgIpc) is 3.67. The molecule has 0 N–H and O–H groups in total. The molecule has 0 heterocycles. The maximum absolute atomic E-state index is 2.74. The van der Waals surface area contributed by atoms with E-state index in [9.17, 15) is 0 Å². The van der Waals surface area contributed by atoms with E-state index in [0.717, 1.165) is 56.8 Å². The maximum Gasteiger partial charge on any atom is 0.0267 e. The highest BCUT2D eigenvalue weighted by Crippen LogP contribution is 2.50. The van der Waals surface area contributed by atoms with Gasteiger partial charge in [-0.25, -0.2) is 0 Å². The zero-order chi connectivity index (χ0) is 48.5. The minimum atomic E-state index is 0.130. The zero-order valence-corrected chi connectivity index (χ0v) is 46.0. The Balaban J connectivity index is 1.74. The highest BCUT2D eigenvalue weighted by atomic mass is 14.4. The van der Waals surface area contributed by atoms with E-state index in [1.807, 2.05) is 0 Å². The van der Waals surface area contributed by atoms with E-state index in [1.165, 1.54) is 98.5 Å². The van der Waals surface area contributed by atoms with Gasteiger partial charge in [-0.15, -0.1) is 0 Å². The van der Waals surface area contributed by atoms with Gasteiger partial charge in [0.25, 0.3) is 0 Å². The first-order chi connectivity index (χ1) is 31.0. The lowest BCUT2D eigenvalue weighted by molar-refractivity contribution is 0.253. The molecule has 1 fully saturated rings. The second-order valence-corrected chi connectivity index (χ2v) is 25.6. The first-order valence-electron chi connectivity index (χ1n) is 27.3. The van der Waals surface area contributed by atoms with Gasteiger partial charge in [0, 0.05) is 5.92 Å². The maximum atomic E-state index is 2.74. The molecule has 1 aromatic carbocycles. The van der Waals surface area contributed by atoms with Crippen molar-refractivity contribution >= 4 is 6.08 Å². The number of hydrogen-bond donors (Lipinski definition) is 0. The van der Waals surface area contributed by atoms with Crippen molar-refractivity contribution in [3.8, 4) is 0 Å². The van der Waals surface area contributed by atoms with E-state index in [-0.39, 0.29) is 27.6 Å². The Kier molecular flexibility index (Phi) is 18.8. The average molecular weight is 894 g/mol. The molecular weight excluding hydrogens is 793 g/mol. The molecule has 0 heteroatoms. The van der Waals surface area contributed by atoms with Crippen LogP contribution in [0.1, 0.15) is 242 Å². The van der Waals surface area contributed by atoms with Crippen LogP contribution in [0.4, 0.5) is 0 Å². The lowest BCUT2D eigenvalue weighted by atomic mass is 9.62. The molecule has 2 unspecified atom stereocenters. The molecule has 0 spiro atoms. The topological polar surface area (TPSA) is 0 Å². The monoisotopic (exact) mass is 893 g/mol. The summed E-state index contributed by atoms with van der Waals surface area (Å²) >= 11 is 0. The van der Waals surface area contributed by atoms with Crippen LogP contribution >= 0.6 is 0 Å². The largest absolute Gasteiger partial charge is 0.0874 e. The second kappa shape index (κ2) is 23.0. The first kappa shape index (κ1) is 53.8. The molecule has 0 aromatic heterocycles. The van der Waals surface area contributed by atoms with Gasteiger partial charge in [-0.05, 0) is 182 Å². The van der Waals surface area contributed by atoms with Gasteiger partial charge in [0.1, 0.15) is 0 Å². The number of rotatable bonds is 16. The van der Waals surface area contributed by atoms with E-state index in [4.69, 9.17) is 0 Å². The van der Waals surface area contributed by atoms with Gasteiger partial charge >= 0.3 is 0 Å². The van der Waals surface area contributed by atoms with Gasteiger partial charge in [0.2, 0.25) is 0 Å². The molecule has 0 saturated heterocycles. The van der Waals surface area contributed by atoms with Crippen LogP contribution in [-0.4, -0.2) is 0 Å². The standard InChI is InChI=1S/C66H100/c1-17-26-52(19-3)61(56-43-54-45-59-60(46-55(54)44-56)65(13,14)41-40-64(59,11)12)58(35-34-50-31-25-28-48(4)36-38-63(9,10)39-37-50)53(32-23-24-33-57(27-18-2)62(6,7)8)42-49(5)66(15,16)47-51-29-21-20-22-30-51/h17,19,24-27,31,33,37,42-43,45-46,48,51,61H,18,20-23,28-30,32,34-36,38-41,44,47H2,1-16H3/b26-17-,31-25-,33-24-,49-42+,50-37+,52-19+,57-27+,58-53+. The molecular formula is C66H100. The van der Waals surface area contributed by atoms with Gasteiger partial charge in [-0.1, -0.05) is 223 Å². The van der Waals surface area contributed by atoms with E-state index < -0.39 is 0 Å². The predicted octanol–water partition coefficient (Wildman–Crippen LogP) is 20.6. The van der Waals surface area contributed by atoms with Crippen LogP contribution < -0.4 is 0 Å². The summed E-state index contributed by atoms with van der Waals surface area (Å²) in [6.07, 6.45) is 49.7. The fourth-order valence-electron chi connectivity index (χ4n) is 11.9. The lowest BCUT2D eigenvalue weighted by Crippen LogP contribution is -2.34. The summed E-state index contributed by atoms with van der Waals surface area (Å²) in [4.78, 5) is 0. The SMILES string of the molecule is C/C=C\C(=C/C)C(C1=Cc2cc3c(cc2C1)C(C)(C)CCC3(C)C)/C(CCC1=C/CC(C)(C)CCC(C)C/C=C\1)=C(/C=C(\C)C(C)(C)CC1CCCCC1)CC/C=C\C(=C/CC)C(C)(C)C. The van der Waals surface area contributed by atoms with E-state index in [2.05, 4.69) is 190 Å². The van der Waals surface area contributed by atoms with E-state index in [0.29, 0.717) is 5.41 Å². The third kappa shape index (κ3) is 14.5. The van der Waals surface area contributed by atoms with Crippen molar-refractivity contribution in [1.82, 2.24) is 0 Å². The number of hydrogen-bond acceptors (Lipinski definition) is 0. The molecule has 0 aliphatic heterocycles. The third-order valence-electron chi connectivity index (χ3n) is 16.9. The van der Waals surface area contributed by atoms with Crippen LogP contribution in [0.3, 0.4) is 0 Å². The Hall–Kier alpha value is -3.12. The summed E-state index contributed by atoms with van der Waals surface area (Å²) in [5.41, 5.74) is 17.9.